The van der Waals surface area contributed by atoms with Crippen molar-refractivity contribution in [2.75, 3.05) is 0 Å². The van der Waals surface area contributed by atoms with Gasteiger partial charge in [0.25, 0.3) is 0 Å². The molecule has 0 spiro atoms. The van der Waals surface area contributed by atoms with Crippen molar-refractivity contribution in [3.8, 4) is 5.75 Å². The molecule has 1 aromatic carbocycles. The van der Waals surface area contributed by atoms with Crippen LogP contribution in [0.5, 0.6) is 5.75 Å². The maximum atomic E-state index is 12.3. The summed E-state index contributed by atoms with van der Waals surface area (Å²) >= 11 is 0. The Labute approximate surface area is 118 Å². The van der Waals surface area contributed by atoms with Crippen LogP contribution in [0.4, 0.5) is 0 Å². The molecule has 2 rings (SSSR count). The Morgan fingerprint density at radius 2 is 2.05 bits per heavy atom. The van der Waals surface area contributed by atoms with E-state index in [0.717, 1.165) is 5.56 Å². The quantitative estimate of drug-likeness (QED) is 0.873. The number of hydrogen-bond acceptors (Lipinski definition) is 3. The monoisotopic (exact) mass is 276 g/mol. The van der Waals surface area contributed by atoms with Crippen LogP contribution in [0.3, 0.4) is 0 Å². The first-order valence-corrected chi connectivity index (χ1v) is 6.79. The summed E-state index contributed by atoms with van der Waals surface area (Å²) in [6.45, 7) is 5.85. The fourth-order valence-electron chi connectivity index (χ4n) is 2.58. The molecule has 2 unspecified atom stereocenters. The zero-order valence-corrected chi connectivity index (χ0v) is 12.0. The summed E-state index contributed by atoms with van der Waals surface area (Å²) in [6.07, 6.45) is 0. The average Bonchev–Trinajstić information content (AvgIpc) is 2.35. The number of amides is 2. The zero-order chi connectivity index (χ0) is 14.9. The predicted molar refractivity (Wildman–Crippen MR) is 74.9 cm³/mol. The number of piperazine rings is 1. The van der Waals surface area contributed by atoms with E-state index in [2.05, 4.69) is 5.32 Å². The van der Waals surface area contributed by atoms with Crippen LogP contribution in [0.25, 0.3) is 0 Å². The number of phenols is 1. The van der Waals surface area contributed by atoms with Crippen LogP contribution in [-0.4, -0.2) is 33.9 Å². The number of carbonyl (C=O) groups excluding carboxylic acids is 2. The Balaban J connectivity index is 2.28. The molecule has 1 saturated heterocycles. The summed E-state index contributed by atoms with van der Waals surface area (Å²) in [5.41, 5.74) is 0.811. The van der Waals surface area contributed by atoms with Crippen molar-refractivity contribution in [2.45, 2.75) is 39.4 Å². The van der Waals surface area contributed by atoms with Gasteiger partial charge in [0.05, 0.1) is 0 Å². The van der Waals surface area contributed by atoms with Crippen molar-refractivity contribution in [3.63, 3.8) is 0 Å². The van der Waals surface area contributed by atoms with Crippen molar-refractivity contribution in [1.82, 2.24) is 10.2 Å². The molecule has 0 aromatic heterocycles. The molecule has 0 saturated carbocycles. The van der Waals surface area contributed by atoms with Crippen molar-refractivity contribution in [3.05, 3.63) is 29.8 Å². The second-order valence-corrected chi connectivity index (χ2v) is 5.56. The van der Waals surface area contributed by atoms with Crippen LogP contribution < -0.4 is 5.32 Å². The Hall–Kier alpha value is -2.04. The van der Waals surface area contributed by atoms with Gasteiger partial charge in [-0.25, -0.2) is 0 Å². The lowest BCUT2D eigenvalue weighted by Crippen LogP contribution is -2.63. The Morgan fingerprint density at radius 1 is 1.35 bits per heavy atom. The number of phenolic OH excluding ortho intramolecular Hbond substituents is 1. The summed E-state index contributed by atoms with van der Waals surface area (Å²) in [5.74, 6) is -0.0202. The van der Waals surface area contributed by atoms with Crippen LogP contribution in [0.1, 0.15) is 26.3 Å². The maximum Gasteiger partial charge on any atom is 0.245 e. The van der Waals surface area contributed by atoms with Gasteiger partial charge in [-0.15, -0.1) is 0 Å². The van der Waals surface area contributed by atoms with Gasteiger partial charge in [-0.3, -0.25) is 9.59 Å². The molecule has 1 heterocycles. The molecule has 0 radical (unpaired) electrons. The van der Waals surface area contributed by atoms with Crippen LogP contribution in [0, 0.1) is 5.92 Å². The second-order valence-electron chi connectivity index (χ2n) is 5.56. The minimum atomic E-state index is -0.505. The fourth-order valence-corrected chi connectivity index (χ4v) is 2.58. The van der Waals surface area contributed by atoms with Gasteiger partial charge in [-0.2, -0.15) is 0 Å². The molecular weight excluding hydrogens is 256 g/mol. The van der Waals surface area contributed by atoms with Gasteiger partial charge < -0.3 is 15.3 Å². The van der Waals surface area contributed by atoms with E-state index >= 15 is 0 Å². The molecule has 1 fully saturated rings. The van der Waals surface area contributed by atoms with Gasteiger partial charge in [-0.1, -0.05) is 26.0 Å². The Bertz CT molecular complexity index is 528. The van der Waals surface area contributed by atoms with Crippen molar-refractivity contribution in [1.29, 1.82) is 0 Å². The standard InChI is InChI=1S/C15H20N2O3/c1-9(2)13-14(19)16-10(3)15(20)17(13)8-11-5-4-6-12(18)7-11/h4-7,9-10,13,18H,8H2,1-3H3,(H,16,19). The molecular formula is C15H20N2O3. The van der Waals surface area contributed by atoms with Crippen molar-refractivity contribution >= 4 is 11.8 Å². The molecule has 20 heavy (non-hydrogen) atoms. The lowest BCUT2D eigenvalue weighted by molar-refractivity contribution is -0.151. The highest BCUT2D eigenvalue weighted by molar-refractivity contribution is 5.96. The highest BCUT2D eigenvalue weighted by Crippen LogP contribution is 2.21. The van der Waals surface area contributed by atoms with E-state index in [1.165, 1.54) is 0 Å². The highest BCUT2D eigenvalue weighted by atomic mass is 16.3. The fraction of sp³-hybridized carbons (Fsp3) is 0.467. The van der Waals surface area contributed by atoms with E-state index in [-0.39, 0.29) is 23.5 Å². The molecule has 5 heteroatoms. The van der Waals surface area contributed by atoms with Crippen LogP contribution >= 0.6 is 0 Å². The lowest BCUT2D eigenvalue weighted by atomic mass is 9.96. The first-order valence-electron chi connectivity index (χ1n) is 6.79. The molecule has 1 aliphatic rings. The molecule has 1 aliphatic heterocycles. The number of nitrogens with one attached hydrogen (secondary N) is 1. The molecule has 0 aliphatic carbocycles. The van der Waals surface area contributed by atoms with Crippen LogP contribution in [0.2, 0.25) is 0 Å². The summed E-state index contributed by atoms with van der Waals surface area (Å²) in [5, 5.41) is 12.2. The van der Waals surface area contributed by atoms with E-state index in [9.17, 15) is 14.7 Å². The number of carbonyl (C=O) groups is 2. The molecule has 108 valence electrons. The Morgan fingerprint density at radius 3 is 2.65 bits per heavy atom. The minimum Gasteiger partial charge on any atom is -0.508 e. The summed E-state index contributed by atoms with van der Waals surface area (Å²) in [6, 6.07) is 5.78. The largest absolute Gasteiger partial charge is 0.508 e. The molecule has 2 amide bonds. The number of aromatic hydroxyl groups is 1. The second kappa shape index (κ2) is 5.53. The molecule has 5 nitrogen and oxygen atoms in total. The summed E-state index contributed by atoms with van der Waals surface area (Å²) < 4.78 is 0. The molecule has 0 bridgehead atoms. The predicted octanol–water partition coefficient (Wildman–Crippen LogP) is 1.26. The molecule has 2 atom stereocenters. The van der Waals surface area contributed by atoms with Gasteiger partial charge in [0.2, 0.25) is 11.8 Å². The van der Waals surface area contributed by atoms with Crippen LogP contribution in [0.15, 0.2) is 24.3 Å². The maximum absolute atomic E-state index is 12.3. The van der Waals surface area contributed by atoms with Gasteiger partial charge >= 0.3 is 0 Å². The average molecular weight is 276 g/mol. The first kappa shape index (κ1) is 14.4. The number of nitrogens with zero attached hydrogens (tertiary/aromatic N) is 1. The number of rotatable bonds is 3. The smallest absolute Gasteiger partial charge is 0.245 e. The van der Waals surface area contributed by atoms with Crippen molar-refractivity contribution in [2.24, 2.45) is 5.92 Å². The van der Waals surface area contributed by atoms with Crippen molar-refractivity contribution < 1.29 is 14.7 Å². The highest BCUT2D eigenvalue weighted by Gasteiger charge is 2.39. The van der Waals surface area contributed by atoms with Gasteiger partial charge in [0, 0.05) is 6.54 Å². The van der Waals surface area contributed by atoms with Gasteiger partial charge in [-0.05, 0) is 30.5 Å². The van der Waals surface area contributed by atoms with Gasteiger partial charge in [0.15, 0.2) is 0 Å². The normalized spacial score (nSPS) is 23.1. The SMILES string of the molecule is CC1NC(=O)C(C(C)C)N(Cc2cccc(O)c2)C1=O. The van der Waals surface area contributed by atoms with E-state index in [4.69, 9.17) is 0 Å². The third kappa shape index (κ3) is 2.76. The van der Waals surface area contributed by atoms with Gasteiger partial charge in [0.1, 0.15) is 17.8 Å². The minimum absolute atomic E-state index is 0.0313. The van der Waals surface area contributed by atoms with E-state index in [0.29, 0.717) is 6.54 Å². The Kier molecular flexibility index (Phi) is 3.97. The zero-order valence-electron chi connectivity index (χ0n) is 12.0. The van der Waals surface area contributed by atoms with E-state index in [1.54, 1.807) is 30.0 Å². The topological polar surface area (TPSA) is 69.6 Å². The molecule has 2 N–H and O–H groups in total. The first-order chi connectivity index (χ1) is 9.40. The summed E-state index contributed by atoms with van der Waals surface area (Å²) in [4.78, 5) is 26.0. The van der Waals surface area contributed by atoms with E-state index in [1.807, 2.05) is 19.9 Å². The third-order valence-electron chi connectivity index (χ3n) is 3.51. The lowest BCUT2D eigenvalue weighted by Gasteiger charge is -2.40. The number of benzene rings is 1. The summed E-state index contributed by atoms with van der Waals surface area (Å²) in [7, 11) is 0. The number of hydrogen-bond donors (Lipinski definition) is 2. The third-order valence-corrected chi connectivity index (χ3v) is 3.51. The molecule has 1 aromatic rings. The van der Waals surface area contributed by atoms with E-state index < -0.39 is 12.1 Å². The van der Waals surface area contributed by atoms with Crippen LogP contribution in [-0.2, 0) is 16.1 Å².